The Hall–Kier alpha value is -1.78. The van der Waals surface area contributed by atoms with Gasteiger partial charge in [-0.05, 0) is 58.6 Å². The predicted octanol–water partition coefficient (Wildman–Crippen LogP) is 3.30. The van der Waals surface area contributed by atoms with Crippen molar-refractivity contribution in [3.63, 3.8) is 0 Å². The summed E-state index contributed by atoms with van der Waals surface area (Å²) >= 11 is 0. The van der Waals surface area contributed by atoms with Crippen molar-refractivity contribution >= 4 is 6.09 Å². The standard InChI is InChI=1S/C16H24N2O3/c1-16(2,3)21-15(19)18-12-4-6-13(7-5-12)20-14-8-10-17-11-9-14/h8-13H,4-7H2,1-3H3,(H,18,19). The Balaban J connectivity index is 1.72. The van der Waals surface area contributed by atoms with E-state index >= 15 is 0 Å². The fraction of sp³-hybridized carbons (Fsp3) is 0.625. The number of nitrogens with zero attached hydrogens (tertiary/aromatic N) is 1. The summed E-state index contributed by atoms with van der Waals surface area (Å²) in [6, 6.07) is 3.91. The molecule has 0 spiro atoms. The minimum atomic E-state index is -0.453. The zero-order valence-corrected chi connectivity index (χ0v) is 13.0. The summed E-state index contributed by atoms with van der Waals surface area (Å²) in [6.45, 7) is 5.60. The third-order valence-electron chi connectivity index (χ3n) is 3.35. The van der Waals surface area contributed by atoms with Gasteiger partial charge in [0.15, 0.2) is 0 Å². The second kappa shape index (κ2) is 6.78. The smallest absolute Gasteiger partial charge is 0.407 e. The molecule has 0 atom stereocenters. The van der Waals surface area contributed by atoms with Crippen LogP contribution in [-0.4, -0.2) is 28.8 Å². The number of rotatable bonds is 3. The van der Waals surface area contributed by atoms with Crippen LogP contribution in [0.15, 0.2) is 24.5 Å². The van der Waals surface area contributed by atoms with Crippen molar-refractivity contribution in [3.05, 3.63) is 24.5 Å². The Morgan fingerprint density at radius 1 is 1.19 bits per heavy atom. The van der Waals surface area contributed by atoms with Crippen molar-refractivity contribution in [2.45, 2.75) is 64.2 Å². The van der Waals surface area contributed by atoms with Crippen LogP contribution in [0.3, 0.4) is 0 Å². The van der Waals surface area contributed by atoms with Crippen molar-refractivity contribution in [2.75, 3.05) is 0 Å². The van der Waals surface area contributed by atoms with Gasteiger partial charge in [0.2, 0.25) is 0 Å². The number of pyridine rings is 1. The summed E-state index contributed by atoms with van der Waals surface area (Å²) < 4.78 is 11.2. The molecule has 0 bridgehead atoms. The Bertz CT molecular complexity index is 448. The van der Waals surface area contributed by atoms with Gasteiger partial charge in [-0.15, -0.1) is 0 Å². The molecule has 1 amide bonds. The van der Waals surface area contributed by atoms with Gasteiger partial charge < -0.3 is 14.8 Å². The summed E-state index contributed by atoms with van der Waals surface area (Å²) in [5, 5.41) is 2.93. The van der Waals surface area contributed by atoms with Crippen molar-refractivity contribution < 1.29 is 14.3 Å². The first-order chi connectivity index (χ1) is 9.92. The molecule has 0 aliphatic heterocycles. The molecule has 2 rings (SSSR count). The minimum Gasteiger partial charge on any atom is -0.490 e. The van der Waals surface area contributed by atoms with Gasteiger partial charge in [0.25, 0.3) is 0 Å². The van der Waals surface area contributed by atoms with Crippen LogP contribution in [0.2, 0.25) is 0 Å². The van der Waals surface area contributed by atoms with E-state index in [0.29, 0.717) is 0 Å². The monoisotopic (exact) mass is 292 g/mol. The second-order valence-electron chi connectivity index (χ2n) is 6.42. The quantitative estimate of drug-likeness (QED) is 0.928. The number of hydrogen-bond donors (Lipinski definition) is 1. The molecule has 1 aromatic rings. The van der Waals surface area contributed by atoms with Crippen LogP contribution in [0.1, 0.15) is 46.5 Å². The maximum atomic E-state index is 11.7. The lowest BCUT2D eigenvalue weighted by Gasteiger charge is -2.30. The number of aromatic nitrogens is 1. The van der Waals surface area contributed by atoms with E-state index in [0.717, 1.165) is 31.4 Å². The Labute approximate surface area is 126 Å². The largest absolute Gasteiger partial charge is 0.490 e. The Morgan fingerprint density at radius 3 is 2.38 bits per heavy atom. The third kappa shape index (κ3) is 5.61. The van der Waals surface area contributed by atoms with Crippen molar-refractivity contribution in [1.82, 2.24) is 10.3 Å². The lowest BCUT2D eigenvalue weighted by Crippen LogP contribution is -2.42. The van der Waals surface area contributed by atoms with Gasteiger partial charge in [0.1, 0.15) is 11.4 Å². The molecule has 5 heteroatoms. The first-order valence-corrected chi connectivity index (χ1v) is 7.48. The molecule has 5 nitrogen and oxygen atoms in total. The fourth-order valence-electron chi connectivity index (χ4n) is 2.41. The number of alkyl carbamates (subject to hydrolysis) is 1. The molecule has 1 fully saturated rings. The van der Waals surface area contributed by atoms with E-state index in [2.05, 4.69) is 10.3 Å². The zero-order chi connectivity index (χ0) is 15.3. The van der Waals surface area contributed by atoms with E-state index in [1.54, 1.807) is 12.4 Å². The number of amides is 1. The SMILES string of the molecule is CC(C)(C)OC(=O)NC1CCC(Oc2ccncc2)CC1. The molecular weight excluding hydrogens is 268 g/mol. The van der Waals surface area contributed by atoms with Gasteiger partial charge in [0, 0.05) is 18.4 Å². The van der Waals surface area contributed by atoms with Crippen molar-refractivity contribution in [3.8, 4) is 5.75 Å². The normalized spacial score (nSPS) is 22.4. The highest BCUT2D eigenvalue weighted by Crippen LogP contribution is 2.23. The maximum Gasteiger partial charge on any atom is 0.407 e. The van der Waals surface area contributed by atoms with Crippen LogP contribution in [0.25, 0.3) is 0 Å². The molecule has 0 saturated heterocycles. The maximum absolute atomic E-state index is 11.7. The first kappa shape index (κ1) is 15.6. The van der Waals surface area contributed by atoms with Gasteiger partial charge in [-0.25, -0.2) is 4.79 Å². The van der Waals surface area contributed by atoms with E-state index in [1.807, 2.05) is 32.9 Å². The molecular formula is C16H24N2O3. The van der Waals surface area contributed by atoms with Crippen LogP contribution in [0.5, 0.6) is 5.75 Å². The Kier molecular flexibility index (Phi) is 5.04. The van der Waals surface area contributed by atoms with E-state index in [-0.39, 0.29) is 18.2 Å². The zero-order valence-electron chi connectivity index (χ0n) is 13.0. The van der Waals surface area contributed by atoms with E-state index < -0.39 is 5.60 Å². The summed E-state index contributed by atoms with van der Waals surface area (Å²) in [7, 11) is 0. The first-order valence-electron chi connectivity index (χ1n) is 7.48. The molecule has 21 heavy (non-hydrogen) atoms. The van der Waals surface area contributed by atoms with Gasteiger partial charge >= 0.3 is 6.09 Å². The van der Waals surface area contributed by atoms with Crippen LogP contribution in [0, 0.1) is 0 Å². The summed E-state index contributed by atoms with van der Waals surface area (Å²) in [4.78, 5) is 15.7. The van der Waals surface area contributed by atoms with E-state index in [4.69, 9.17) is 9.47 Å². The average molecular weight is 292 g/mol. The third-order valence-corrected chi connectivity index (χ3v) is 3.35. The van der Waals surface area contributed by atoms with Crippen molar-refractivity contribution in [2.24, 2.45) is 0 Å². The topological polar surface area (TPSA) is 60.5 Å². The summed E-state index contributed by atoms with van der Waals surface area (Å²) in [5.74, 6) is 0.855. The number of carbonyl (C=O) groups is 1. The summed E-state index contributed by atoms with van der Waals surface area (Å²) in [5.41, 5.74) is -0.453. The number of hydrogen-bond acceptors (Lipinski definition) is 4. The van der Waals surface area contributed by atoms with Crippen LogP contribution in [0.4, 0.5) is 4.79 Å². The highest BCUT2D eigenvalue weighted by Gasteiger charge is 2.25. The van der Waals surface area contributed by atoms with Gasteiger partial charge in [-0.1, -0.05) is 0 Å². The minimum absolute atomic E-state index is 0.178. The molecule has 116 valence electrons. The lowest BCUT2D eigenvalue weighted by molar-refractivity contribution is 0.0471. The van der Waals surface area contributed by atoms with E-state index in [1.165, 1.54) is 0 Å². The second-order valence-corrected chi connectivity index (χ2v) is 6.42. The van der Waals surface area contributed by atoms with Crippen molar-refractivity contribution in [1.29, 1.82) is 0 Å². The van der Waals surface area contributed by atoms with Gasteiger partial charge in [-0.3, -0.25) is 4.98 Å². The van der Waals surface area contributed by atoms with Gasteiger partial charge in [-0.2, -0.15) is 0 Å². The fourth-order valence-corrected chi connectivity index (χ4v) is 2.41. The molecule has 1 aliphatic rings. The predicted molar refractivity (Wildman–Crippen MR) is 80.3 cm³/mol. The van der Waals surface area contributed by atoms with Crippen LogP contribution in [-0.2, 0) is 4.74 Å². The lowest BCUT2D eigenvalue weighted by atomic mass is 9.93. The molecule has 1 heterocycles. The highest BCUT2D eigenvalue weighted by molar-refractivity contribution is 5.68. The molecule has 0 radical (unpaired) electrons. The number of ether oxygens (including phenoxy) is 2. The molecule has 1 aliphatic carbocycles. The summed E-state index contributed by atoms with van der Waals surface area (Å²) in [6.07, 6.45) is 7.02. The van der Waals surface area contributed by atoms with Crippen LogP contribution >= 0.6 is 0 Å². The molecule has 1 saturated carbocycles. The van der Waals surface area contributed by atoms with Crippen LogP contribution < -0.4 is 10.1 Å². The molecule has 0 aromatic carbocycles. The number of carbonyl (C=O) groups excluding carboxylic acids is 1. The highest BCUT2D eigenvalue weighted by atomic mass is 16.6. The average Bonchev–Trinajstić information content (AvgIpc) is 2.40. The van der Waals surface area contributed by atoms with E-state index in [9.17, 15) is 4.79 Å². The molecule has 1 aromatic heterocycles. The Morgan fingerprint density at radius 2 is 1.81 bits per heavy atom. The van der Waals surface area contributed by atoms with Gasteiger partial charge in [0.05, 0.1) is 6.10 Å². The molecule has 1 N–H and O–H groups in total. The number of nitrogens with one attached hydrogen (secondary N) is 1. The molecule has 0 unspecified atom stereocenters.